The lowest BCUT2D eigenvalue weighted by Crippen LogP contribution is -2.67. The summed E-state index contributed by atoms with van der Waals surface area (Å²) in [5, 5.41) is 23.0. The summed E-state index contributed by atoms with van der Waals surface area (Å²) in [6.07, 6.45) is -5.26. The summed E-state index contributed by atoms with van der Waals surface area (Å²) in [5.74, 6) is -0.688. The lowest BCUT2D eigenvalue weighted by Gasteiger charge is -2.38. The predicted octanol–water partition coefficient (Wildman–Crippen LogP) is -1.90. The first-order valence-corrected chi connectivity index (χ1v) is 4.56. The highest BCUT2D eigenvalue weighted by Crippen LogP contribution is 2.18. The molecular weight excluding hydrogens is 210 g/mol. The molecule has 1 rings (SSSR count). The van der Waals surface area contributed by atoms with Gasteiger partial charge in [0.15, 0.2) is 6.17 Å². The van der Waals surface area contributed by atoms with E-state index in [0.29, 0.717) is 0 Å². The number of carbonyl (C=O) groups is 1. The van der Waals surface area contributed by atoms with Crippen LogP contribution >= 0.6 is 0 Å². The van der Waals surface area contributed by atoms with Gasteiger partial charge in [0.25, 0.3) is 0 Å². The number of alkyl halides is 2. The molecule has 1 saturated heterocycles. The zero-order valence-electron chi connectivity index (χ0n) is 8.15. The van der Waals surface area contributed by atoms with Crippen molar-refractivity contribution in [1.82, 2.24) is 10.6 Å². The Kier molecular flexibility index (Phi) is 3.95. The number of halogens is 2. The Hall–Kier alpha value is -0.790. The van der Waals surface area contributed by atoms with Gasteiger partial charge in [-0.25, -0.2) is 8.78 Å². The Labute approximate surface area is 85.5 Å². The van der Waals surface area contributed by atoms with Crippen molar-refractivity contribution in [3.63, 3.8) is 0 Å². The standard InChI is InChI=1S/C8H14F2N2O3/c1-11-8(15)5-4(10)7(14)6(13)3(2-9)12-5/h3-7,12-14H,2H2,1H3,(H,11,15)/t3-,4-,5+,6-,7-/m1/s1. The highest BCUT2D eigenvalue weighted by molar-refractivity contribution is 5.82. The number of rotatable bonds is 2. The van der Waals surface area contributed by atoms with Crippen LogP contribution in [0.25, 0.3) is 0 Å². The second-order valence-electron chi connectivity index (χ2n) is 3.44. The number of likely N-dealkylation sites (N-methyl/N-ethyl adjacent to an activating group) is 1. The Bertz CT molecular complexity index is 240. The molecule has 0 aromatic carbocycles. The molecular formula is C8H14F2N2O3. The van der Waals surface area contributed by atoms with E-state index in [1.807, 2.05) is 0 Å². The van der Waals surface area contributed by atoms with Crippen molar-refractivity contribution in [3.05, 3.63) is 0 Å². The van der Waals surface area contributed by atoms with E-state index in [-0.39, 0.29) is 0 Å². The van der Waals surface area contributed by atoms with Gasteiger partial charge in [-0.05, 0) is 0 Å². The molecule has 1 aliphatic heterocycles. The SMILES string of the molecule is CNC(=O)[C@H]1N[C@H](CF)[C@@H](O)[C@H](O)[C@@H]1F. The van der Waals surface area contributed by atoms with Crippen LogP contribution in [-0.2, 0) is 4.79 Å². The van der Waals surface area contributed by atoms with Crippen LogP contribution in [0.4, 0.5) is 8.78 Å². The van der Waals surface area contributed by atoms with Gasteiger partial charge in [-0.3, -0.25) is 10.1 Å². The van der Waals surface area contributed by atoms with Gasteiger partial charge in [0.05, 0.1) is 6.04 Å². The van der Waals surface area contributed by atoms with Crippen LogP contribution in [0.15, 0.2) is 0 Å². The topological polar surface area (TPSA) is 81.6 Å². The van der Waals surface area contributed by atoms with E-state index in [1.165, 1.54) is 7.05 Å². The fourth-order valence-electron chi connectivity index (χ4n) is 1.56. The molecule has 0 aromatic rings. The van der Waals surface area contributed by atoms with Gasteiger partial charge in [0.1, 0.15) is 24.9 Å². The maximum absolute atomic E-state index is 13.4. The molecule has 0 aromatic heterocycles. The molecule has 0 saturated carbocycles. The van der Waals surface area contributed by atoms with Crippen LogP contribution in [-0.4, -0.2) is 60.3 Å². The zero-order valence-corrected chi connectivity index (χ0v) is 8.15. The number of aliphatic hydroxyl groups excluding tert-OH is 2. The molecule has 1 amide bonds. The molecule has 1 aliphatic rings. The molecule has 1 fully saturated rings. The Morgan fingerprint density at radius 3 is 2.53 bits per heavy atom. The van der Waals surface area contributed by atoms with Crippen molar-refractivity contribution < 1.29 is 23.8 Å². The van der Waals surface area contributed by atoms with Crippen LogP contribution in [0.5, 0.6) is 0 Å². The van der Waals surface area contributed by atoms with Gasteiger partial charge in [0, 0.05) is 7.05 Å². The first-order valence-electron chi connectivity index (χ1n) is 4.56. The summed E-state index contributed by atoms with van der Waals surface area (Å²) < 4.78 is 25.8. The number of hydrogen-bond donors (Lipinski definition) is 4. The lowest BCUT2D eigenvalue weighted by molar-refractivity contribution is -0.135. The van der Waals surface area contributed by atoms with Gasteiger partial charge in [-0.15, -0.1) is 0 Å². The van der Waals surface area contributed by atoms with Crippen LogP contribution in [0, 0.1) is 0 Å². The highest BCUT2D eigenvalue weighted by atomic mass is 19.1. The molecule has 4 N–H and O–H groups in total. The maximum Gasteiger partial charge on any atom is 0.240 e. The van der Waals surface area contributed by atoms with Crippen LogP contribution < -0.4 is 10.6 Å². The summed E-state index contributed by atoms with van der Waals surface area (Å²) in [6.45, 7) is -0.988. The predicted molar refractivity (Wildman–Crippen MR) is 47.7 cm³/mol. The summed E-state index contributed by atoms with van der Waals surface area (Å²) in [4.78, 5) is 11.2. The minimum absolute atomic E-state index is 0.688. The van der Waals surface area contributed by atoms with Gasteiger partial charge in [-0.2, -0.15) is 0 Å². The Balaban J connectivity index is 2.78. The average Bonchev–Trinajstić information content (AvgIpc) is 2.25. The quantitative estimate of drug-likeness (QED) is 0.442. The van der Waals surface area contributed by atoms with E-state index in [4.69, 9.17) is 0 Å². The van der Waals surface area contributed by atoms with E-state index >= 15 is 0 Å². The molecule has 0 bridgehead atoms. The highest BCUT2D eigenvalue weighted by Gasteiger charge is 2.46. The minimum Gasteiger partial charge on any atom is -0.389 e. The zero-order chi connectivity index (χ0) is 11.6. The molecule has 1 heterocycles. The summed E-state index contributed by atoms with van der Waals surface area (Å²) in [5.41, 5.74) is 0. The van der Waals surface area contributed by atoms with E-state index in [1.54, 1.807) is 0 Å². The van der Waals surface area contributed by atoms with Crippen molar-refractivity contribution in [2.24, 2.45) is 0 Å². The van der Waals surface area contributed by atoms with E-state index in [9.17, 15) is 23.8 Å². The third-order valence-electron chi connectivity index (χ3n) is 2.50. The van der Waals surface area contributed by atoms with Gasteiger partial charge < -0.3 is 15.5 Å². The van der Waals surface area contributed by atoms with Gasteiger partial charge >= 0.3 is 0 Å². The summed E-state index contributed by atoms with van der Waals surface area (Å²) in [7, 11) is 1.30. The third kappa shape index (κ3) is 2.24. The van der Waals surface area contributed by atoms with Crippen LogP contribution in [0.2, 0.25) is 0 Å². The molecule has 88 valence electrons. The molecule has 7 heteroatoms. The number of hydrogen-bond acceptors (Lipinski definition) is 4. The second kappa shape index (κ2) is 4.82. The molecule has 5 atom stereocenters. The van der Waals surface area contributed by atoms with Crippen molar-refractivity contribution in [3.8, 4) is 0 Å². The smallest absolute Gasteiger partial charge is 0.240 e. The first-order chi connectivity index (χ1) is 7.02. The monoisotopic (exact) mass is 224 g/mol. The Morgan fingerprint density at radius 1 is 1.47 bits per heavy atom. The van der Waals surface area contributed by atoms with Crippen molar-refractivity contribution >= 4 is 5.91 Å². The number of carbonyl (C=O) groups excluding carboxylic acids is 1. The molecule has 5 nitrogen and oxygen atoms in total. The number of nitrogens with one attached hydrogen (secondary N) is 2. The van der Waals surface area contributed by atoms with Crippen molar-refractivity contribution in [2.45, 2.75) is 30.5 Å². The van der Waals surface area contributed by atoms with E-state index in [2.05, 4.69) is 10.6 Å². The largest absolute Gasteiger partial charge is 0.389 e. The number of amides is 1. The fourth-order valence-corrected chi connectivity index (χ4v) is 1.56. The third-order valence-corrected chi connectivity index (χ3v) is 2.50. The molecule has 0 radical (unpaired) electrons. The molecule has 0 unspecified atom stereocenters. The molecule has 0 spiro atoms. The second-order valence-corrected chi connectivity index (χ2v) is 3.44. The lowest BCUT2D eigenvalue weighted by atomic mass is 9.91. The number of aliphatic hydroxyl groups is 2. The fraction of sp³-hybridized carbons (Fsp3) is 0.875. The molecule has 15 heavy (non-hydrogen) atoms. The maximum atomic E-state index is 13.4. The van der Waals surface area contributed by atoms with Gasteiger partial charge in [-0.1, -0.05) is 0 Å². The minimum atomic E-state index is -1.96. The Morgan fingerprint density at radius 2 is 2.07 bits per heavy atom. The van der Waals surface area contributed by atoms with E-state index in [0.717, 1.165) is 0 Å². The van der Waals surface area contributed by atoms with E-state index < -0.39 is 43.0 Å². The first kappa shape index (κ1) is 12.3. The van der Waals surface area contributed by atoms with Crippen LogP contribution in [0.3, 0.4) is 0 Å². The van der Waals surface area contributed by atoms with Crippen molar-refractivity contribution in [2.75, 3.05) is 13.7 Å². The normalized spacial score (nSPS) is 41.3. The average molecular weight is 224 g/mol. The van der Waals surface area contributed by atoms with Crippen LogP contribution in [0.1, 0.15) is 0 Å². The number of piperidine rings is 1. The summed E-state index contributed by atoms with van der Waals surface area (Å²) >= 11 is 0. The molecule has 0 aliphatic carbocycles. The van der Waals surface area contributed by atoms with Gasteiger partial charge in [0.2, 0.25) is 5.91 Å². The summed E-state index contributed by atoms with van der Waals surface area (Å²) in [6, 6.07) is -2.47. The van der Waals surface area contributed by atoms with Crippen molar-refractivity contribution in [1.29, 1.82) is 0 Å².